The summed E-state index contributed by atoms with van der Waals surface area (Å²) in [6, 6.07) is 9.96. The van der Waals surface area contributed by atoms with E-state index in [1.54, 1.807) is 18.2 Å². The first-order valence-electron chi connectivity index (χ1n) is 9.59. The zero-order valence-electron chi connectivity index (χ0n) is 17.6. The molecule has 0 aliphatic heterocycles. The quantitative estimate of drug-likeness (QED) is 0.386. The topological polar surface area (TPSA) is 122 Å². The van der Waals surface area contributed by atoms with Gasteiger partial charge in [0.05, 0.1) is 23.4 Å². The summed E-state index contributed by atoms with van der Waals surface area (Å²) in [6.45, 7) is 1.71. The fraction of sp³-hybridized carbons (Fsp3) is 0.190. The van der Waals surface area contributed by atoms with Gasteiger partial charge in [0.2, 0.25) is 11.0 Å². The molecule has 33 heavy (non-hydrogen) atoms. The lowest BCUT2D eigenvalue weighted by molar-refractivity contribution is -0.114. The van der Waals surface area contributed by atoms with Crippen LogP contribution in [0.2, 0.25) is 5.02 Å². The molecule has 0 unspecified atom stereocenters. The van der Waals surface area contributed by atoms with Crippen LogP contribution >= 0.6 is 38.9 Å². The van der Waals surface area contributed by atoms with E-state index in [2.05, 4.69) is 42.1 Å². The minimum atomic E-state index is -0.492. The van der Waals surface area contributed by atoms with Crippen LogP contribution in [-0.2, 0) is 11.2 Å². The average Bonchev–Trinajstić information content (AvgIpc) is 3.21. The molecule has 3 N–H and O–H groups in total. The summed E-state index contributed by atoms with van der Waals surface area (Å²) in [7, 11) is 1.41. The van der Waals surface area contributed by atoms with Crippen LogP contribution in [0.4, 0.5) is 10.8 Å². The number of nitrogens with zero attached hydrogens (tertiary/aromatic N) is 2. The molecule has 3 aromatic rings. The van der Waals surface area contributed by atoms with Crippen LogP contribution in [0.25, 0.3) is 0 Å². The van der Waals surface area contributed by atoms with E-state index in [0.717, 1.165) is 4.47 Å². The summed E-state index contributed by atoms with van der Waals surface area (Å²) in [5.74, 6) is -0.749. The number of hydrogen-bond donors (Lipinski definition) is 3. The number of carbonyl (C=O) groups is 3. The van der Waals surface area contributed by atoms with Crippen molar-refractivity contribution in [3.05, 3.63) is 62.0 Å². The number of amides is 3. The van der Waals surface area contributed by atoms with Gasteiger partial charge in [-0.15, -0.1) is 10.2 Å². The fourth-order valence-corrected chi connectivity index (χ4v) is 4.11. The molecule has 0 aliphatic carbocycles. The van der Waals surface area contributed by atoms with Crippen LogP contribution in [0.3, 0.4) is 0 Å². The number of ether oxygens (including phenoxy) is 1. The second kappa shape index (κ2) is 11.2. The lowest BCUT2D eigenvalue weighted by Crippen LogP contribution is -2.25. The molecule has 12 heteroatoms. The third-order valence-electron chi connectivity index (χ3n) is 4.24. The van der Waals surface area contributed by atoms with E-state index in [-0.39, 0.29) is 33.3 Å². The van der Waals surface area contributed by atoms with Gasteiger partial charge in [-0.1, -0.05) is 44.9 Å². The zero-order valence-corrected chi connectivity index (χ0v) is 20.7. The normalized spacial score (nSPS) is 10.4. The molecule has 0 atom stereocenters. The number of methoxy groups -OCH3 is 1. The lowest BCUT2D eigenvalue weighted by atomic mass is 10.1. The Balaban J connectivity index is 1.60. The molecule has 0 bridgehead atoms. The molecule has 0 aliphatic rings. The number of nitrogens with one attached hydrogen (secondary N) is 3. The number of hydrogen-bond acceptors (Lipinski definition) is 7. The van der Waals surface area contributed by atoms with E-state index in [9.17, 15) is 14.4 Å². The second-order valence-corrected chi connectivity index (χ2v) is 9.07. The van der Waals surface area contributed by atoms with Crippen molar-refractivity contribution in [2.75, 3.05) is 24.3 Å². The van der Waals surface area contributed by atoms with Gasteiger partial charge in [0.25, 0.3) is 11.8 Å². The number of halogens is 2. The number of rotatable bonds is 8. The van der Waals surface area contributed by atoms with Crippen LogP contribution in [0.1, 0.15) is 32.6 Å². The van der Waals surface area contributed by atoms with Crippen LogP contribution in [-0.4, -0.2) is 41.6 Å². The summed E-state index contributed by atoms with van der Waals surface area (Å²) >= 11 is 10.7. The minimum absolute atomic E-state index is 0.176. The molecular formula is C21H19BrClN5O4S. The van der Waals surface area contributed by atoms with Crippen LogP contribution < -0.4 is 20.7 Å². The highest BCUT2D eigenvalue weighted by Gasteiger charge is 2.18. The molecule has 9 nitrogen and oxygen atoms in total. The number of aromatic nitrogens is 2. The molecule has 3 amide bonds. The summed E-state index contributed by atoms with van der Waals surface area (Å²) < 4.78 is 6.08. The van der Waals surface area contributed by atoms with Gasteiger partial charge in [0.1, 0.15) is 10.8 Å². The van der Waals surface area contributed by atoms with Gasteiger partial charge in [-0.25, -0.2) is 0 Å². The van der Waals surface area contributed by atoms with Crippen molar-refractivity contribution >= 4 is 67.4 Å². The Labute approximate surface area is 207 Å². The summed E-state index contributed by atoms with van der Waals surface area (Å²) in [5.41, 5.74) is 1.06. The SMILES string of the molecule is COc1cc(NC(C)=O)c(Cl)cc1C(=O)Nc1nnc(CCNC(=O)c2cccc(Br)c2)s1. The van der Waals surface area contributed by atoms with E-state index < -0.39 is 5.91 Å². The summed E-state index contributed by atoms with van der Waals surface area (Å²) in [4.78, 5) is 36.2. The molecule has 1 heterocycles. The van der Waals surface area contributed by atoms with Gasteiger partial charge in [-0.2, -0.15) is 0 Å². The van der Waals surface area contributed by atoms with Gasteiger partial charge < -0.3 is 15.4 Å². The molecule has 2 aromatic carbocycles. The van der Waals surface area contributed by atoms with Gasteiger partial charge in [0, 0.05) is 36.0 Å². The first-order valence-corrected chi connectivity index (χ1v) is 11.6. The van der Waals surface area contributed by atoms with Crippen LogP contribution in [0, 0.1) is 0 Å². The number of anilines is 2. The van der Waals surface area contributed by atoms with Crippen molar-refractivity contribution in [2.45, 2.75) is 13.3 Å². The Morgan fingerprint density at radius 2 is 1.91 bits per heavy atom. The Morgan fingerprint density at radius 3 is 2.61 bits per heavy atom. The minimum Gasteiger partial charge on any atom is -0.496 e. The lowest BCUT2D eigenvalue weighted by Gasteiger charge is -2.12. The summed E-state index contributed by atoms with van der Waals surface area (Å²) in [6.07, 6.45) is 0.452. The van der Waals surface area contributed by atoms with Gasteiger partial charge in [-0.3, -0.25) is 19.7 Å². The first kappa shape index (κ1) is 24.6. The van der Waals surface area contributed by atoms with Gasteiger partial charge in [-0.05, 0) is 24.3 Å². The van der Waals surface area contributed by atoms with Crippen molar-refractivity contribution in [1.82, 2.24) is 15.5 Å². The predicted molar refractivity (Wildman–Crippen MR) is 130 cm³/mol. The highest BCUT2D eigenvalue weighted by Crippen LogP contribution is 2.31. The predicted octanol–water partition coefficient (Wildman–Crippen LogP) is 4.15. The molecule has 172 valence electrons. The van der Waals surface area contributed by atoms with Crippen molar-refractivity contribution in [1.29, 1.82) is 0 Å². The molecule has 3 rings (SSSR count). The second-order valence-electron chi connectivity index (χ2n) is 6.68. The molecule has 0 spiro atoms. The van der Waals surface area contributed by atoms with E-state index in [0.29, 0.717) is 29.2 Å². The smallest absolute Gasteiger partial charge is 0.261 e. The van der Waals surface area contributed by atoms with Crippen molar-refractivity contribution < 1.29 is 19.1 Å². The van der Waals surface area contributed by atoms with E-state index in [1.165, 1.54) is 37.5 Å². The standard InChI is InChI=1S/C21H19BrClN5O4S/c1-11(29)25-16-10-17(32-2)14(9-15(16)23)20(31)26-21-28-27-18(33-21)6-7-24-19(30)12-4-3-5-13(22)8-12/h3-5,8-10H,6-7H2,1-2H3,(H,24,30)(H,25,29)(H,26,28,31). The Bertz CT molecular complexity index is 1200. The van der Waals surface area contributed by atoms with Crippen molar-refractivity contribution in [3.63, 3.8) is 0 Å². The highest BCUT2D eigenvalue weighted by atomic mass is 79.9. The molecule has 0 saturated heterocycles. The maximum atomic E-state index is 12.7. The van der Waals surface area contributed by atoms with Crippen molar-refractivity contribution in [2.24, 2.45) is 0 Å². The Hall–Kier alpha value is -3.02. The molecule has 0 fully saturated rings. The third-order valence-corrected chi connectivity index (χ3v) is 5.95. The molecule has 1 aromatic heterocycles. The average molecular weight is 553 g/mol. The largest absolute Gasteiger partial charge is 0.496 e. The van der Waals surface area contributed by atoms with Gasteiger partial charge >= 0.3 is 0 Å². The maximum Gasteiger partial charge on any atom is 0.261 e. The van der Waals surface area contributed by atoms with Crippen molar-refractivity contribution in [3.8, 4) is 5.75 Å². The maximum absolute atomic E-state index is 12.7. The molecular weight excluding hydrogens is 534 g/mol. The molecule has 0 radical (unpaired) electrons. The zero-order chi connectivity index (χ0) is 24.0. The number of benzene rings is 2. The number of carbonyl (C=O) groups excluding carboxylic acids is 3. The Kier molecular flexibility index (Phi) is 8.37. The molecule has 0 saturated carbocycles. The first-order chi connectivity index (χ1) is 15.8. The third kappa shape index (κ3) is 6.73. The van der Waals surface area contributed by atoms with E-state index in [1.807, 2.05) is 6.07 Å². The van der Waals surface area contributed by atoms with Gasteiger partial charge in [0.15, 0.2) is 0 Å². The summed E-state index contributed by atoms with van der Waals surface area (Å²) in [5, 5.41) is 17.2. The van der Waals surface area contributed by atoms with Crippen LogP contribution in [0.15, 0.2) is 40.9 Å². The van der Waals surface area contributed by atoms with Crippen LogP contribution in [0.5, 0.6) is 5.75 Å². The monoisotopic (exact) mass is 551 g/mol. The highest BCUT2D eigenvalue weighted by molar-refractivity contribution is 9.10. The van der Waals surface area contributed by atoms with E-state index in [4.69, 9.17) is 16.3 Å². The Morgan fingerprint density at radius 1 is 1.12 bits per heavy atom. The fourth-order valence-electron chi connectivity index (χ4n) is 2.77. The van der Waals surface area contributed by atoms with E-state index >= 15 is 0 Å².